The Kier molecular flexibility index (Phi) is 29.9. The van der Waals surface area contributed by atoms with Gasteiger partial charge in [-0.3, -0.25) is 67.7 Å². The summed E-state index contributed by atoms with van der Waals surface area (Å²) in [6.07, 6.45) is 3.26. The number of nitrogens with one attached hydrogen (secondary N) is 7. The van der Waals surface area contributed by atoms with Crippen molar-refractivity contribution in [2.24, 2.45) is 0 Å². The molecule has 5 amide bonds. The standard InChI is InChI=1S/C57H78IN15O16/c58-38-14-10-36(11-15-38)6-5-9-44(74)60-20-4-2-8-42(55(86)87)67-53(84)41(7-1-3-21-61-46(76)32-70-22-24-71(33-47(77)78)26-28-73(35-49(81)82)29-27-72(25-23-70)34-48(79)80)65-45(75)19-18-43(56(88)89)66-52(83)37-12-16-39(17-13-37)62-30-40-31-63-51-50(64-40)54(85)69-57(59)68-51/h10-17,31,41-43,62H,1-9,18-30,32-35H2,(H,60,74)(H,61,76)(H,65,75)(H,66,83)(H,67,84)(H,77,78)(H,79,80)(H,81,82)(H,86,87)(H,88,89)(H3,59,63,68,69,85). The van der Waals surface area contributed by atoms with Crippen LogP contribution in [0.4, 0.5) is 11.6 Å². The van der Waals surface area contributed by atoms with Crippen LogP contribution in [0.5, 0.6) is 0 Å². The van der Waals surface area contributed by atoms with E-state index in [0.29, 0.717) is 37.1 Å². The predicted molar refractivity (Wildman–Crippen MR) is 330 cm³/mol. The molecule has 2 aromatic carbocycles. The molecule has 5 rings (SSSR count). The zero-order valence-electron chi connectivity index (χ0n) is 49.1. The molecule has 32 heteroatoms. The van der Waals surface area contributed by atoms with Crippen LogP contribution in [0.3, 0.4) is 0 Å². The summed E-state index contributed by atoms with van der Waals surface area (Å²) in [4.78, 5) is 160. The molecule has 3 atom stereocenters. The highest BCUT2D eigenvalue weighted by Crippen LogP contribution is 2.15. The molecule has 1 aliphatic heterocycles. The fourth-order valence-electron chi connectivity index (χ4n) is 9.47. The van der Waals surface area contributed by atoms with E-state index >= 15 is 0 Å². The van der Waals surface area contributed by atoms with Gasteiger partial charge in [-0.2, -0.15) is 4.98 Å². The number of aromatic nitrogens is 4. The van der Waals surface area contributed by atoms with Crippen molar-refractivity contribution in [3.63, 3.8) is 0 Å². The Morgan fingerprint density at radius 3 is 1.63 bits per heavy atom. The lowest BCUT2D eigenvalue weighted by Gasteiger charge is -2.32. The van der Waals surface area contributed by atoms with Crippen LogP contribution in [-0.4, -0.2) is 234 Å². The van der Waals surface area contributed by atoms with Gasteiger partial charge in [0.05, 0.1) is 44.6 Å². The molecule has 89 heavy (non-hydrogen) atoms. The summed E-state index contributed by atoms with van der Waals surface area (Å²) in [5, 5.41) is 65.0. The zero-order valence-corrected chi connectivity index (χ0v) is 51.3. The van der Waals surface area contributed by atoms with E-state index in [0.717, 1.165) is 15.6 Å². The maximum absolute atomic E-state index is 13.9. The number of anilines is 2. The van der Waals surface area contributed by atoms with Crippen molar-refractivity contribution in [2.75, 3.05) is 103 Å². The minimum atomic E-state index is -1.56. The predicted octanol–water partition coefficient (Wildman–Crippen LogP) is -0.399. The number of rotatable bonds is 35. The number of unbranched alkanes of at least 4 members (excludes halogenated alkanes) is 2. The summed E-state index contributed by atoms with van der Waals surface area (Å²) in [6, 6.07) is 9.68. The van der Waals surface area contributed by atoms with Crippen molar-refractivity contribution < 1.29 is 73.5 Å². The number of aromatic amines is 1. The number of aryl methyl sites for hydroxylation is 1. The largest absolute Gasteiger partial charge is 0.480 e. The first-order chi connectivity index (χ1) is 42.5. The second-order valence-corrected chi connectivity index (χ2v) is 22.5. The smallest absolute Gasteiger partial charge is 0.326 e. The third-order valence-corrected chi connectivity index (χ3v) is 15.0. The third kappa shape index (κ3) is 27.2. The van der Waals surface area contributed by atoms with Crippen LogP contribution in [0.1, 0.15) is 85.8 Å². The molecule has 2 aromatic heterocycles. The SMILES string of the molecule is Nc1nc2ncc(CNc3ccc(C(=O)NC(CCC(=O)NC(CCCCNC(=O)CN4CCN(CC(=O)O)CCN(CC(=O)O)CCN(CC(=O)O)CC4)C(=O)NC(CCCCNC(=O)CCCc4ccc(I)cc4)C(=O)O)C(=O)O)cc3)nc2c(=O)[nH]1. The number of amides is 5. The molecule has 14 N–H and O–H groups in total. The van der Waals surface area contributed by atoms with Gasteiger partial charge in [-0.25, -0.2) is 19.6 Å². The van der Waals surface area contributed by atoms with E-state index in [2.05, 4.69) is 74.4 Å². The van der Waals surface area contributed by atoms with E-state index in [9.17, 15) is 78.3 Å². The van der Waals surface area contributed by atoms with Crippen molar-refractivity contribution in [2.45, 2.75) is 95.3 Å². The summed E-state index contributed by atoms with van der Waals surface area (Å²) in [5.41, 5.74) is 7.20. The molecule has 4 aromatic rings. The Morgan fingerprint density at radius 2 is 1.09 bits per heavy atom. The molecule has 3 unspecified atom stereocenters. The van der Waals surface area contributed by atoms with E-state index in [4.69, 9.17) is 5.73 Å². The number of nitrogens with zero attached hydrogens (tertiary/aromatic N) is 7. The van der Waals surface area contributed by atoms with Crippen LogP contribution in [0.2, 0.25) is 0 Å². The number of fused-ring (bicyclic) bond motifs is 1. The summed E-state index contributed by atoms with van der Waals surface area (Å²) in [6.45, 7) is 0.912. The monoisotopic (exact) mass is 1360 g/mol. The average molecular weight is 1360 g/mol. The quantitative estimate of drug-likeness (QED) is 0.0206. The number of halogens is 1. The Hall–Kier alpha value is -8.47. The minimum absolute atomic E-state index is 0.00982. The van der Waals surface area contributed by atoms with Gasteiger partial charge in [0.1, 0.15) is 18.1 Å². The van der Waals surface area contributed by atoms with E-state index in [-0.39, 0.29) is 152 Å². The van der Waals surface area contributed by atoms with E-state index < -0.39 is 90.0 Å². The molecular weight excluding hydrogens is 1280 g/mol. The van der Waals surface area contributed by atoms with Crippen molar-refractivity contribution in [1.82, 2.24) is 66.1 Å². The molecule has 0 aliphatic carbocycles. The lowest BCUT2D eigenvalue weighted by molar-refractivity contribution is -0.142. The number of hydrogen-bond donors (Lipinski definition) is 13. The number of carboxylic acids is 5. The molecule has 0 spiro atoms. The van der Waals surface area contributed by atoms with Gasteiger partial charge >= 0.3 is 29.8 Å². The van der Waals surface area contributed by atoms with Gasteiger partial charge in [-0.15, -0.1) is 0 Å². The molecule has 0 bridgehead atoms. The number of nitrogens with two attached hydrogens (primary N) is 1. The number of carboxylic acid groups (broad SMARTS) is 5. The van der Waals surface area contributed by atoms with Crippen LogP contribution >= 0.6 is 22.6 Å². The first kappa shape index (κ1) is 71.3. The fraction of sp³-hybridized carbons (Fsp3) is 0.509. The topological polar surface area (TPSA) is 455 Å². The van der Waals surface area contributed by atoms with Gasteiger partial charge in [0, 0.05) is 93.1 Å². The van der Waals surface area contributed by atoms with E-state index in [1.807, 2.05) is 24.3 Å². The lowest BCUT2D eigenvalue weighted by atomic mass is 10.0. The molecule has 31 nitrogen and oxygen atoms in total. The summed E-state index contributed by atoms with van der Waals surface area (Å²) >= 11 is 2.22. The minimum Gasteiger partial charge on any atom is -0.480 e. The van der Waals surface area contributed by atoms with Crippen molar-refractivity contribution >= 4 is 105 Å². The second-order valence-electron chi connectivity index (χ2n) is 21.3. The normalized spacial score (nSPS) is 14.8. The highest BCUT2D eigenvalue weighted by Gasteiger charge is 2.29. The highest BCUT2D eigenvalue weighted by atomic mass is 127. The molecule has 1 saturated heterocycles. The number of benzene rings is 2. The first-order valence-electron chi connectivity index (χ1n) is 29.0. The van der Waals surface area contributed by atoms with Crippen molar-refractivity contribution in [3.8, 4) is 0 Å². The molecular formula is C57H78IN15O16. The molecule has 1 aliphatic rings. The summed E-state index contributed by atoms with van der Waals surface area (Å²) in [7, 11) is 0. The Balaban J connectivity index is 1.16. The fourth-order valence-corrected chi connectivity index (χ4v) is 9.83. The Morgan fingerprint density at radius 1 is 0.573 bits per heavy atom. The zero-order chi connectivity index (χ0) is 64.8. The van der Waals surface area contributed by atoms with Gasteiger partial charge in [0.25, 0.3) is 11.5 Å². The number of aliphatic carboxylic acids is 5. The van der Waals surface area contributed by atoms with Crippen molar-refractivity contribution in [1.29, 1.82) is 0 Å². The molecule has 3 heterocycles. The van der Waals surface area contributed by atoms with Crippen LogP contribution in [0.25, 0.3) is 11.2 Å². The van der Waals surface area contributed by atoms with Crippen molar-refractivity contribution in [3.05, 3.63) is 85.5 Å². The Bertz CT molecular complexity index is 3090. The molecule has 0 radical (unpaired) electrons. The number of carbonyl (C=O) groups is 10. The maximum atomic E-state index is 13.9. The van der Waals surface area contributed by atoms with E-state index in [1.54, 1.807) is 31.7 Å². The third-order valence-electron chi connectivity index (χ3n) is 14.3. The number of nitrogen functional groups attached to an aromatic ring is 1. The van der Waals surface area contributed by atoms with Gasteiger partial charge in [-0.1, -0.05) is 12.1 Å². The number of H-pyrrole nitrogens is 1. The van der Waals surface area contributed by atoms with Crippen LogP contribution in [-0.2, 0) is 56.1 Å². The van der Waals surface area contributed by atoms with Crippen LogP contribution in [0.15, 0.2) is 59.5 Å². The van der Waals surface area contributed by atoms with Crippen LogP contribution in [0, 0.1) is 3.57 Å². The molecule has 484 valence electrons. The highest BCUT2D eigenvalue weighted by molar-refractivity contribution is 14.1. The maximum Gasteiger partial charge on any atom is 0.326 e. The molecule has 0 saturated carbocycles. The van der Waals surface area contributed by atoms with Crippen LogP contribution < -0.4 is 43.2 Å². The Labute approximate surface area is 525 Å². The molecule has 1 fully saturated rings. The van der Waals surface area contributed by atoms with Gasteiger partial charge in [0.15, 0.2) is 11.2 Å². The number of hydrogen-bond acceptors (Lipinski definition) is 20. The first-order valence-corrected chi connectivity index (χ1v) is 30.1. The van der Waals surface area contributed by atoms with E-state index in [1.165, 1.54) is 18.3 Å². The van der Waals surface area contributed by atoms with Gasteiger partial charge < -0.3 is 63.2 Å². The lowest BCUT2D eigenvalue weighted by Crippen LogP contribution is -2.52. The second kappa shape index (κ2) is 37.4. The average Bonchev–Trinajstić information content (AvgIpc) is 2.59. The van der Waals surface area contributed by atoms with Gasteiger partial charge in [0.2, 0.25) is 29.6 Å². The summed E-state index contributed by atoms with van der Waals surface area (Å²) < 4.78 is 1.11. The summed E-state index contributed by atoms with van der Waals surface area (Å²) in [5.74, 6) is -9.18. The number of carbonyl (C=O) groups excluding carboxylic acids is 5. The van der Waals surface area contributed by atoms with Gasteiger partial charge in [-0.05, 0) is 122 Å².